The molecule has 2 aliphatic rings. The lowest BCUT2D eigenvalue weighted by atomic mass is 9.93. The van der Waals surface area contributed by atoms with Crippen molar-refractivity contribution in [3.05, 3.63) is 0 Å². The van der Waals surface area contributed by atoms with E-state index in [4.69, 9.17) is 5.73 Å². The molecule has 25 heavy (non-hydrogen) atoms. The molecule has 0 saturated carbocycles. The fourth-order valence-corrected chi connectivity index (χ4v) is 3.84. The molecule has 3 N–H and O–H groups in total. The van der Waals surface area contributed by atoms with Crippen LogP contribution in [-0.2, 0) is 14.4 Å². The second kappa shape index (κ2) is 8.65. The van der Waals surface area contributed by atoms with Gasteiger partial charge in [-0.25, -0.2) is 0 Å². The Morgan fingerprint density at radius 1 is 1.20 bits per heavy atom. The molecule has 7 heteroatoms. The molecular weight excluding hydrogens is 320 g/mol. The smallest absolute Gasteiger partial charge is 0.245 e. The molecular formula is C18H32N4O3. The van der Waals surface area contributed by atoms with E-state index in [2.05, 4.69) is 19.2 Å². The Bertz CT molecular complexity index is 501. The highest BCUT2D eigenvalue weighted by Gasteiger charge is 2.36. The SMILES string of the molecule is CC(C)C[C@@H]1NCCN([C@@H](C)C(=O)N2CCC(CC(N)=O)CC2)C1=O. The predicted octanol–water partition coefficient (Wildman–Crippen LogP) is 0.335. The van der Waals surface area contributed by atoms with Crippen LogP contribution in [0.2, 0.25) is 0 Å². The Hall–Kier alpha value is -1.63. The highest BCUT2D eigenvalue weighted by molar-refractivity contribution is 5.90. The average Bonchev–Trinajstić information content (AvgIpc) is 2.55. The van der Waals surface area contributed by atoms with Gasteiger partial charge < -0.3 is 20.9 Å². The Kier molecular flexibility index (Phi) is 6.81. The van der Waals surface area contributed by atoms with Gasteiger partial charge in [-0.05, 0) is 38.0 Å². The molecule has 2 fully saturated rings. The third-order valence-electron chi connectivity index (χ3n) is 5.27. The van der Waals surface area contributed by atoms with Crippen LogP contribution in [0.1, 0.15) is 46.5 Å². The Morgan fingerprint density at radius 2 is 1.84 bits per heavy atom. The zero-order chi connectivity index (χ0) is 18.6. The van der Waals surface area contributed by atoms with Crippen molar-refractivity contribution in [1.29, 1.82) is 0 Å². The Balaban J connectivity index is 1.91. The summed E-state index contributed by atoms with van der Waals surface area (Å²) in [6, 6.07) is -0.623. The minimum atomic E-state index is -0.433. The standard InChI is InChI=1S/C18H32N4O3/c1-12(2)10-15-18(25)22(9-6-20-15)13(3)17(24)21-7-4-14(5-8-21)11-16(19)23/h12-15,20H,4-11H2,1-3H3,(H2,19,23)/t13-,15-/m0/s1. The summed E-state index contributed by atoms with van der Waals surface area (Å²) < 4.78 is 0. The maximum absolute atomic E-state index is 12.8. The van der Waals surface area contributed by atoms with Gasteiger partial charge >= 0.3 is 0 Å². The van der Waals surface area contributed by atoms with Crippen molar-refractivity contribution in [3.8, 4) is 0 Å². The van der Waals surface area contributed by atoms with Crippen molar-refractivity contribution >= 4 is 17.7 Å². The van der Waals surface area contributed by atoms with Gasteiger partial charge in [-0.2, -0.15) is 0 Å². The van der Waals surface area contributed by atoms with E-state index in [0.29, 0.717) is 32.0 Å². The minimum Gasteiger partial charge on any atom is -0.370 e. The molecule has 0 aromatic rings. The average molecular weight is 352 g/mol. The number of nitrogens with two attached hydrogens (primary N) is 1. The maximum atomic E-state index is 12.8. The van der Waals surface area contributed by atoms with Crippen LogP contribution in [-0.4, -0.2) is 65.8 Å². The van der Waals surface area contributed by atoms with Gasteiger partial charge in [-0.15, -0.1) is 0 Å². The molecule has 2 heterocycles. The quantitative estimate of drug-likeness (QED) is 0.720. The number of carbonyl (C=O) groups is 3. The Labute approximate surface area is 150 Å². The highest BCUT2D eigenvalue weighted by Crippen LogP contribution is 2.22. The van der Waals surface area contributed by atoms with E-state index < -0.39 is 6.04 Å². The van der Waals surface area contributed by atoms with Gasteiger partial charge in [-0.3, -0.25) is 14.4 Å². The summed E-state index contributed by atoms with van der Waals surface area (Å²) in [7, 11) is 0. The van der Waals surface area contributed by atoms with Gasteiger partial charge in [0.05, 0.1) is 6.04 Å². The van der Waals surface area contributed by atoms with Crippen LogP contribution in [0.15, 0.2) is 0 Å². The molecule has 0 bridgehead atoms. The van der Waals surface area contributed by atoms with E-state index in [-0.39, 0.29) is 29.7 Å². The van der Waals surface area contributed by atoms with Crippen molar-refractivity contribution in [3.63, 3.8) is 0 Å². The number of piperazine rings is 1. The number of hydrogen-bond donors (Lipinski definition) is 2. The molecule has 2 atom stereocenters. The zero-order valence-corrected chi connectivity index (χ0v) is 15.7. The summed E-state index contributed by atoms with van der Waals surface area (Å²) in [5.41, 5.74) is 5.26. The van der Waals surface area contributed by atoms with Crippen LogP contribution in [0.3, 0.4) is 0 Å². The Morgan fingerprint density at radius 3 is 2.40 bits per heavy atom. The van der Waals surface area contributed by atoms with E-state index in [1.165, 1.54) is 0 Å². The molecule has 142 valence electrons. The van der Waals surface area contributed by atoms with Gasteiger partial charge in [0.1, 0.15) is 6.04 Å². The van der Waals surface area contributed by atoms with Crippen LogP contribution in [0.25, 0.3) is 0 Å². The van der Waals surface area contributed by atoms with E-state index in [1.54, 1.807) is 4.90 Å². The van der Waals surface area contributed by atoms with Crippen molar-refractivity contribution in [2.24, 2.45) is 17.6 Å². The van der Waals surface area contributed by atoms with Gasteiger partial charge in [0.15, 0.2) is 0 Å². The number of carbonyl (C=O) groups excluding carboxylic acids is 3. The van der Waals surface area contributed by atoms with Gasteiger partial charge in [0.25, 0.3) is 0 Å². The van der Waals surface area contributed by atoms with Crippen LogP contribution < -0.4 is 11.1 Å². The van der Waals surface area contributed by atoms with Gasteiger partial charge in [-0.1, -0.05) is 13.8 Å². The zero-order valence-electron chi connectivity index (χ0n) is 15.7. The fraction of sp³-hybridized carbons (Fsp3) is 0.833. The monoisotopic (exact) mass is 352 g/mol. The molecule has 0 aliphatic carbocycles. The number of nitrogens with one attached hydrogen (secondary N) is 1. The second-order valence-electron chi connectivity index (χ2n) is 7.78. The highest BCUT2D eigenvalue weighted by atomic mass is 16.2. The summed E-state index contributed by atoms with van der Waals surface area (Å²) in [5.74, 6) is 0.464. The van der Waals surface area contributed by atoms with Crippen LogP contribution in [0, 0.1) is 11.8 Å². The number of hydrogen-bond acceptors (Lipinski definition) is 4. The van der Waals surface area contributed by atoms with Crippen LogP contribution in [0.4, 0.5) is 0 Å². The molecule has 0 unspecified atom stereocenters. The number of amides is 3. The summed E-state index contributed by atoms with van der Waals surface area (Å²) >= 11 is 0. The molecule has 0 aromatic carbocycles. The largest absolute Gasteiger partial charge is 0.370 e. The number of primary amides is 1. The molecule has 2 saturated heterocycles. The van der Waals surface area contributed by atoms with E-state index in [0.717, 1.165) is 25.8 Å². The lowest BCUT2D eigenvalue weighted by molar-refractivity contribution is -0.149. The first kappa shape index (κ1) is 19.7. The number of likely N-dealkylation sites (tertiary alicyclic amines) is 1. The summed E-state index contributed by atoms with van der Waals surface area (Å²) in [6.07, 6.45) is 2.78. The van der Waals surface area contributed by atoms with E-state index in [9.17, 15) is 14.4 Å². The molecule has 0 aromatic heterocycles. The van der Waals surface area contributed by atoms with Crippen molar-refractivity contribution in [2.75, 3.05) is 26.2 Å². The first-order chi connectivity index (χ1) is 11.8. The number of piperidine rings is 1. The normalized spacial score (nSPS) is 23.8. The summed E-state index contributed by atoms with van der Waals surface area (Å²) in [5, 5.41) is 3.27. The van der Waals surface area contributed by atoms with Crippen molar-refractivity contribution in [1.82, 2.24) is 15.1 Å². The lowest BCUT2D eigenvalue weighted by Gasteiger charge is -2.40. The molecule has 7 nitrogen and oxygen atoms in total. The third kappa shape index (κ3) is 5.17. The van der Waals surface area contributed by atoms with E-state index >= 15 is 0 Å². The fourth-order valence-electron chi connectivity index (χ4n) is 3.84. The molecule has 0 radical (unpaired) electrons. The maximum Gasteiger partial charge on any atom is 0.245 e. The van der Waals surface area contributed by atoms with Gasteiger partial charge in [0.2, 0.25) is 17.7 Å². The molecule has 3 amide bonds. The van der Waals surface area contributed by atoms with Crippen molar-refractivity contribution < 1.29 is 14.4 Å². The number of rotatable bonds is 6. The second-order valence-corrected chi connectivity index (χ2v) is 7.78. The lowest BCUT2D eigenvalue weighted by Crippen LogP contribution is -2.61. The predicted molar refractivity (Wildman–Crippen MR) is 95.5 cm³/mol. The van der Waals surface area contributed by atoms with Crippen molar-refractivity contribution in [2.45, 2.75) is 58.5 Å². The third-order valence-corrected chi connectivity index (χ3v) is 5.27. The van der Waals surface area contributed by atoms with Crippen LogP contribution >= 0.6 is 0 Å². The first-order valence-corrected chi connectivity index (χ1v) is 9.40. The van der Waals surface area contributed by atoms with Crippen LogP contribution in [0.5, 0.6) is 0 Å². The topological polar surface area (TPSA) is 95.7 Å². The first-order valence-electron chi connectivity index (χ1n) is 9.40. The minimum absolute atomic E-state index is 0.0103. The summed E-state index contributed by atoms with van der Waals surface area (Å²) in [4.78, 5) is 40.1. The van der Waals surface area contributed by atoms with E-state index in [1.807, 2.05) is 11.8 Å². The summed E-state index contributed by atoms with van der Waals surface area (Å²) in [6.45, 7) is 8.58. The molecule has 2 aliphatic heterocycles. The molecule has 2 rings (SSSR count). The molecule has 0 spiro atoms. The number of nitrogens with zero attached hydrogens (tertiary/aromatic N) is 2. The van der Waals surface area contributed by atoms with Gasteiger partial charge in [0, 0.05) is 32.6 Å².